The van der Waals surface area contributed by atoms with E-state index in [9.17, 15) is 24.3 Å². The normalized spacial score (nSPS) is 12.6. The molecule has 9 nitrogen and oxygen atoms in total. The molecule has 1 aromatic heterocycles. The molecular formula is C27H31N3O6. The van der Waals surface area contributed by atoms with Gasteiger partial charge in [-0.05, 0) is 30.0 Å². The molecule has 0 bridgehead atoms. The van der Waals surface area contributed by atoms with Crippen LogP contribution < -0.4 is 15.8 Å². The number of aromatic nitrogens is 1. The molecule has 0 aliphatic rings. The number of nitrogens with zero attached hydrogens (tertiary/aromatic N) is 1. The smallest absolute Gasteiger partial charge is 0.326 e. The van der Waals surface area contributed by atoms with Crippen LogP contribution in [0.5, 0.6) is 5.75 Å². The highest BCUT2D eigenvalue weighted by atomic mass is 16.5. The summed E-state index contributed by atoms with van der Waals surface area (Å²) in [7, 11) is 0. The topological polar surface area (TPSA) is 141 Å². The summed E-state index contributed by atoms with van der Waals surface area (Å²) in [6.45, 7) is 5.44. The maximum atomic E-state index is 12.9. The van der Waals surface area contributed by atoms with Crippen LogP contribution in [0.2, 0.25) is 0 Å². The van der Waals surface area contributed by atoms with Crippen LogP contribution in [0.25, 0.3) is 10.9 Å². The molecule has 36 heavy (non-hydrogen) atoms. The summed E-state index contributed by atoms with van der Waals surface area (Å²) in [6, 6.07) is 13.8. The number of carbonyl (C=O) groups is 4. The number of amides is 2. The van der Waals surface area contributed by atoms with Gasteiger partial charge in [0, 0.05) is 12.2 Å². The van der Waals surface area contributed by atoms with E-state index in [2.05, 4.69) is 5.32 Å². The first kappa shape index (κ1) is 26.5. The average molecular weight is 494 g/mol. The van der Waals surface area contributed by atoms with Gasteiger partial charge in [-0.25, -0.2) is 4.79 Å². The molecule has 3 aromatic rings. The molecule has 0 radical (unpaired) electrons. The Morgan fingerprint density at radius 1 is 1.06 bits per heavy atom. The number of ketones is 1. The van der Waals surface area contributed by atoms with E-state index >= 15 is 0 Å². The molecule has 9 heteroatoms. The van der Waals surface area contributed by atoms with Crippen molar-refractivity contribution in [2.24, 2.45) is 11.7 Å². The summed E-state index contributed by atoms with van der Waals surface area (Å²) >= 11 is 0. The van der Waals surface area contributed by atoms with Gasteiger partial charge in [0.05, 0.1) is 16.5 Å². The second kappa shape index (κ2) is 11.5. The van der Waals surface area contributed by atoms with Crippen molar-refractivity contribution in [1.29, 1.82) is 0 Å². The quantitative estimate of drug-likeness (QED) is 0.262. The first-order valence-electron chi connectivity index (χ1n) is 11.9. The van der Waals surface area contributed by atoms with Crippen LogP contribution in [0.1, 0.15) is 48.8 Å². The lowest BCUT2D eigenvalue weighted by Crippen LogP contribution is -2.46. The number of ether oxygens (including phenoxy) is 1. The number of carbonyl (C=O) groups excluding carboxylic acids is 3. The number of benzene rings is 2. The summed E-state index contributed by atoms with van der Waals surface area (Å²) in [5.41, 5.74) is 7.81. The molecule has 0 aliphatic carbocycles. The third kappa shape index (κ3) is 5.56. The van der Waals surface area contributed by atoms with Crippen molar-refractivity contribution in [3.8, 4) is 5.75 Å². The van der Waals surface area contributed by atoms with E-state index in [1.54, 1.807) is 19.1 Å². The minimum absolute atomic E-state index is 0.148. The van der Waals surface area contributed by atoms with Crippen LogP contribution in [0.4, 0.5) is 0 Å². The van der Waals surface area contributed by atoms with Crippen molar-refractivity contribution in [2.45, 2.75) is 46.2 Å². The Balaban J connectivity index is 2.02. The third-order valence-electron chi connectivity index (χ3n) is 6.28. The van der Waals surface area contributed by atoms with E-state index in [1.807, 2.05) is 54.8 Å². The fourth-order valence-corrected chi connectivity index (χ4v) is 4.26. The summed E-state index contributed by atoms with van der Waals surface area (Å²) in [5.74, 6) is -3.71. The summed E-state index contributed by atoms with van der Waals surface area (Å²) in [4.78, 5) is 49.0. The summed E-state index contributed by atoms with van der Waals surface area (Å²) in [6.07, 6.45) is 1.02. The standard InChI is InChI=1S/C27H31N3O6/c1-4-16(3)24(27(34)35)29-21(31)15-36-20-13-9-12-19-22(20)23(25(32)26(28)33)18(5-2)30(19)14-17-10-7-6-8-11-17/h6-13,16,24H,4-5,14-15H2,1-3H3,(H2,28,33)(H,29,31)(H,34,35)/t16-,24+/m0/s1. The van der Waals surface area contributed by atoms with Gasteiger partial charge in [-0.2, -0.15) is 0 Å². The molecular weight excluding hydrogens is 462 g/mol. The number of nitrogens with two attached hydrogens (primary N) is 1. The van der Waals surface area contributed by atoms with Crippen molar-refractivity contribution < 1.29 is 29.0 Å². The Bertz CT molecular complexity index is 1280. The van der Waals surface area contributed by atoms with Crippen LogP contribution in [-0.2, 0) is 27.3 Å². The zero-order valence-corrected chi connectivity index (χ0v) is 20.6. The highest BCUT2D eigenvalue weighted by Gasteiger charge is 2.28. The van der Waals surface area contributed by atoms with Crippen LogP contribution in [0.15, 0.2) is 48.5 Å². The number of nitrogens with one attached hydrogen (secondary N) is 1. The van der Waals surface area contributed by atoms with Gasteiger partial charge in [-0.3, -0.25) is 14.4 Å². The number of fused-ring (bicyclic) bond motifs is 1. The molecule has 0 saturated heterocycles. The predicted octanol–water partition coefficient (Wildman–Crippen LogP) is 2.91. The van der Waals surface area contributed by atoms with E-state index in [-0.39, 0.29) is 17.2 Å². The molecule has 0 spiro atoms. The third-order valence-corrected chi connectivity index (χ3v) is 6.28. The monoisotopic (exact) mass is 493 g/mol. The molecule has 0 unspecified atom stereocenters. The first-order valence-corrected chi connectivity index (χ1v) is 11.9. The number of carboxylic acid groups (broad SMARTS) is 1. The number of rotatable bonds is 12. The van der Waals surface area contributed by atoms with Crippen LogP contribution >= 0.6 is 0 Å². The summed E-state index contributed by atoms with van der Waals surface area (Å²) < 4.78 is 7.73. The average Bonchev–Trinajstić information content (AvgIpc) is 3.18. The second-order valence-electron chi connectivity index (χ2n) is 8.65. The van der Waals surface area contributed by atoms with Gasteiger partial charge in [-0.1, -0.05) is 63.6 Å². The number of carboxylic acids is 1. The van der Waals surface area contributed by atoms with Crippen molar-refractivity contribution >= 4 is 34.5 Å². The zero-order valence-electron chi connectivity index (χ0n) is 20.6. The van der Waals surface area contributed by atoms with Crippen molar-refractivity contribution in [3.63, 3.8) is 0 Å². The number of primary amides is 1. The Morgan fingerprint density at radius 2 is 1.75 bits per heavy atom. The Labute approximate surface area is 209 Å². The van der Waals surface area contributed by atoms with Crippen LogP contribution in [0.3, 0.4) is 0 Å². The number of aliphatic carboxylic acids is 1. The highest BCUT2D eigenvalue weighted by molar-refractivity contribution is 6.45. The predicted molar refractivity (Wildman–Crippen MR) is 135 cm³/mol. The number of hydrogen-bond acceptors (Lipinski definition) is 5. The van der Waals surface area contributed by atoms with E-state index in [0.29, 0.717) is 36.0 Å². The molecule has 1 heterocycles. The minimum Gasteiger partial charge on any atom is -0.483 e. The second-order valence-corrected chi connectivity index (χ2v) is 8.65. The van der Waals surface area contributed by atoms with Gasteiger partial charge < -0.3 is 25.5 Å². The van der Waals surface area contributed by atoms with Crippen LogP contribution in [0, 0.1) is 5.92 Å². The van der Waals surface area contributed by atoms with Gasteiger partial charge in [0.1, 0.15) is 11.8 Å². The Hall–Kier alpha value is -4.14. The largest absolute Gasteiger partial charge is 0.483 e. The van der Waals surface area contributed by atoms with Crippen molar-refractivity contribution in [1.82, 2.24) is 9.88 Å². The molecule has 0 saturated carbocycles. The van der Waals surface area contributed by atoms with Crippen molar-refractivity contribution in [3.05, 3.63) is 65.4 Å². The SMILES string of the molecule is CCc1c(C(=O)C(N)=O)c2c(OCC(=O)N[C@@H](C(=O)O)[C@@H](C)CC)cccc2n1Cc1ccccc1. The molecule has 190 valence electrons. The maximum absolute atomic E-state index is 12.9. The number of Topliss-reactive ketones (excluding diaryl/α,β-unsaturated/α-hetero) is 1. The van der Waals surface area contributed by atoms with Gasteiger partial charge >= 0.3 is 5.97 Å². The van der Waals surface area contributed by atoms with E-state index in [4.69, 9.17) is 10.5 Å². The van der Waals surface area contributed by atoms with Gasteiger partial charge in [0.25, 0.3) is 17.6 Å². The first-order chi connectivity index (χ1) is 17.2. The fraction of sp³-hybridized carbons (Fsp3) is 0.333. The summed E-state index contributed by atoms with van der Waals surface area (Å²) in [5, 5.41) is 12.3. The van der Waals surface area contributed by atoms with E-state index in [1.165, 1.54) is 0 Å². The highest BCUT2D eigenvalue weighted by Crippen LogP contribution is 2.35. The molecule has 3 rings (SSSR count). The fourth-order valence-electron chi connectivity index (χ4n) is 4.26. The van der Waals surface area contributed by atoms with Crippen molar-refractivity contribution in [2.75, 3.05) is 6.61 Å². The van der Waals surface area contributed by atoms with Gasteiger partial charge in [0.15, 0.2) is 6.61 Å². The van der Waals surface area contributed by atoms with Gasteiger partial charge in [-0.15, -0.1) is 0 Å². The van der Waals surface area contributed by atoms with Crippen LogP contribution in [-0.4, -0.2) is 45.9 Å². The molecule has 2 atom stereocenters. The molecule has 2 amide bonds. The van der Waals surface area contributed by atoms with E-state index in [0.717, 1.165) is 5.56 Å². The van der Waals surface area contributed by atoms with Gasteiger partial charge in [0.2, 0.25) is 0 Å². The molecule has 0 fully saturated rings. The Morgan fingerprint density at radius 3 is 2.33 bits per heavy atom. The minimum atomic E-state index is -1.13. The lowest BCUT2D eigenvalue weighted by molar-refractivity contribution is -0.143. The zero-order chi connectivity index (χ0) is 26.4. The lowest BCUT2D eigenvalue weighted by Gasteiger charge is -2.20. The lowest BCUT2D eigenvalue weighted by atomic mass is 9.99. The maximum Gasteiger partial charge on any atom is 0.326 e. The molecule has 4 N–H and O–H groups in total. The Kier molecular flexibility index (Phi) is 8.47. The molecule has 2 aromatic carbocycles. The number of hydrogen-bond donors (Lipinski definition) is 3. The molecule has 0 aliphatic heterocycles. The van der Waals surface area contributed by atoms with E-state index < -0.39 is 36.2 Å².